The molecule has 8 heteroatoms. The van der Waals surface area contributed by atoms with E-state index in [1.54, 1.807) is 19.1 Å². The topological polar surface area (TPSA) is 66.9 Å². The highest BCUT2D eigenvalue weighted by Crippen LogP contribution is 2.25. The smallest absolute Gasteiger partial charge is 0.225 e. The number of benzene rings is 2. The van der Waals surface area contributed by atoms with Gasteiger partial charge in [-0.1, -0.05) is 30.3 Å². The molecule has 0 saturated carbocycles. The maximum atomic E-state index is 13.0. The third kappa shape index (κ3) is 5.37. The molecule has 30 heavy (non-hydrogen) atoms. The second kappa shape index (κ2) is 9.57. The summed E-state index contributed by atoms with van der Waals surface area (Å²) in [6.07, 6.45) is 0.968. The van der Waals surface area contributed by atoms with Crippen LogP contribution in [0.4, 0.5) is 4.39 Å². The Balaban J connectivity index is 1.56. The van der Waals surface area contributed by atoms with Crippen molar-refractivity contribution < 1.29 is 22.3 Å². The maximum Gasteiger partial charge on any atom is 0.225 e. The Morgan fingerprint density at radius 1 is 1.13 bits per heavy atom. The van der Waals surface area contributed by atoms with Gasteiger partial charge in [-0.05, 0) is 36.6 Å². The normalized spacial score (nSPS) is 15.7. The number of halogens is 1. The number of para-hydroxylation sites is 1. The first-order valence-corrected chi connectivity index (χ1v) is 11.5. The Hall–Kier alpha value is -2.45. The van der Waals surface area contributed by atoms with Gasteiger partial charge in [0.1, 0.15) is 11.6 Å². The molecule has 0 radical (unpaired) electrons. The molecule has 2 aromatic rings. The molecular formula is C22H27FN2O4S. The van der Waals surface area contributed by atoms with Crippen molar-refractivity contribution in [2.45, 2.75) is 25.1 Å². The van der Waals surface area contributed by atoms with Gasteiger partial charge in [-0.15, -0.1) is 0 Å². The number of piperidine rings is 1. The number of methoxy groups -OCH3 is 1. The van der Waals surface area contributed by atoms with Gasteiger partial charge in [0.25, 0.3) is 0 Å². The van der Waals surface area contributed by atoms with Crippen LogP contribution in [-0.2, 0) is 27.1 Å². The summed E-state index contributed by atoms with van der Waals surface area (Å²) < 4.78 is 45.2. The SMILES string of the molecule is COc1ccccc1CN(C)C(=O)C1CCN(S(=O)(=O)Cc2ccc(F)cc2)CC1. The fourth-order valence-corrected chi connectivity index (χ4v) is 5.31. The van der Waals surface area contributed by atoms with Gasteiger partial charge in [0.05, 0.1) is 12.9 Å². The van der Waals surface area contributed by atoms with Crippen LogP contribution in [0.25, 0.3) is 0 Å². The van der Waals surface area contributed by atoms with Crippen molar-refractivity contribution in [3.63, 3.8) is 0 Å². The van der Waals surface area contributed by atoms with Crippen molar-refractivity contribution in [3.8, 4) is 5.75 Å². The van der Waals surface area contributed by atoms with Gasteiger partial charge in [-0.3, -0.25) is 4.79 Å². The highest BCUT2D eigenvalue weighted by molar-refractivity contribution is 7.88. The standard InChI is InChI=1S/C22H27FN2O4S/c1-24(15-19-5-3-4-6-21(19)29-2)22(26)18-11-13-25(14-12-18)30(27,28)16-17-7-9-20(23)10-8-17/h3-10,18H,11-16H2,1-2H3. The lowest BCUT2D eigenvalue weighted by atomic mass is 9.96. The van der Waals surface area contributed by atoms with Gasteiger partial charge < -0.3 is 9.64 Å². The molecule has 1 aliphatic heterocycles. The predicted molar refractivity (Wildman–Crippen MR) is 113 cm³/mol. The third-order valence-electron chi connectivity index (χ3n) is 5.44. The largest absolute Gasteiger partial charge is 0.496 e. The van der Waals surface area contributed by atoms with Crippen LogP contribution in [0.3, 0.4) is 0 Å². The van der Waals surface area contributed by atoms with Crippen molar-refractivity contribution in [2.75, 3.05) is 27.2 Å². The highest BCUT2D eigenvalue weighted by atomic mass is 32.2. The van der Waals surface area contributed by atoms with Crippen molar-refractivity contribution in [3.05, 3.63) is 65.5 Å². The molecular weight excluding hydrogens is 407 g/mol. The zero-order valence-corrected chi connectivity index (χ0v) is 18.1. The van der Waals surface area contributed by atoms with Crippen LogP contribution in [0.5, 0.6) is 5.75 Å². The Morgan fingerprint density at radius 3 is 2.40 bits per heavy atom. The molecule has 1 heterocycles. The predicted octanol–water partition coefficient (Wildman–Crippen LogP) is 3.03. The molecule has 3 rings (SSSR count). The first kappa shape index (κ1) is 22.2. The monoisotopic (exact) mass is 434 g/mol. The molecule has 0 atom stereocenters. The lowest BCUT2D eigenvalue weighted by Gasteiger charge is -2.32. The lowest BCUT2D eigenvalue weighted by Crippen LogP contribution is -2.43. The summed E-state index contributed by atoms with van der Waals surface area (Å²) in [4.78, 5) is 14.5. The van der Waals surface area contributed by atoms with Gasteiger partial charge >= 0.3 is 0 Å². The van der Waals surface area contributed by atoms with Crippen LogP contribution in [0.15, 0.2) is 48.5 Å². The van der Waals surface area contributed by atoms with E-state index in [9.17, 15) is 17.6 Å². The van der Waals surface area contributed by atoms with Gasteiger partial charge in [0.2, 0.25) is 15.9 Å². The van der Waals surface area contributed by atoms with E-state index < -0.39 is 15.8 Å². The summed E-state index contributed by atoms with van der Waals surface area (Å²) in [6, 6.07) is 13.0. The van der Waals surface area contributed by atoms with E-state index in [0.29, 0.717) is 38.0 Å². The highest BCUT2D eigenvalue weighted by Gasteiger charge is 2.32. The number of sulfonamides is 1. The van der Waals surface area contributed by atoms with E-state index in [0.717, 1.165) is 11.3 Å². The molecule has 0 unspecified atom stereocenters. The molecule has 0 N–H and O–H groups in total. The van der Waals surface area contributed by atoms with Crippen molar-refractivity contribution in [2.24, 2.45) is 5.92 Å². The average Bonchev–Trinajstić information content (AvgIpc) is 2.75. The van der Waals surface area contributed by atoms with E-state index >= 15 is 0 Å². The molecule has 162 valence electrons. The Labute approximate surface area is 177 Å². The average molecular weight is 435 g/mol. The second-order valence-electron chi connectivity index (χ2n) is 7.56. The summed E-state index contributed by atoms with van der Waals surface area (Å²) in [6.45, 7) is 1.05. The fraction of sp³-hybridized carbons (Fsp3) is 0.409. The Morgan fingerprint density at radius 2 is 1.77 bits per heavy atom. The number of amides is 1. The molecule has 1 saturated heterocycles. The maximum absolute atomic E-state index is 13.0. The summed E-state index contributed by atoms with van der Waals surface area (Å²) in [5, 5.41) is 0. The summed E-state index contributed by atoms with van der Waals surface area (Å²) >= 11 is 0. The van der Waals surface area contributed by atoms with E-state index in [1.165, 1.54) is 28.6 Å². The Kier molecular flexibility index (Phi) is 7.10. The number of hydrogen-bond acceptors (Lipinski definition) is 4. The molecule has 1 amide bonds. The first-order chi connectivity index (χ1) is 14.3. The van der Waals surface area contributed by atoms with Crippen LogP contribution in [-0.4, -0.2) is 50.8 Å². The molecule has 0 aromatic heterocycles. The lowest BCUT2D eigenvalue weighted by molar-refractivity contribution is -0.135. The van der Waals surface area contributed by atoms with Gasteiger partial charge in [-0.2, -0.15) is 0 Å². The van der Waals surface area contributed by atoms with E-state index in [2.05, 4.69) is 0 Å². The molecule has 0 aliphatic carbocycles. The van der Waals surface area contributed by atoms with E-state index in [-0.39, 0.29) is 17.6 Å². The molecule has 2 aromatic carbocycles. The minimum Gasteiger partial charge on any atom is -0.496 e. The molecule has 0 spiro atoms. The zero-order valence-electron chi connectivity index (χ0n) is 17.3. The number of rotatable bonds is 7. The van der Waals surface area contributed by atoms with Gasteiger partial charge in [-0.25, -0.2) is 17.1 Å². The fourth-order valence-electron chi connectivity index (χ4n) is 3.74. The molecule has 1 aliphatic rings. The first-order valence-electron chi connectivity index (χ1n) is 9.89. The minimum absolute atomic E-state index is 0.0106. The second-order valence-corrected chi connectivity index (χ2v) is 9.53. The van der Waals surface area contributed by atoms with Crippen molar-refractivity contribution in [1.82, 2.24) is 9.21 Å². The number of hydrogen-bond donors (Lipinski definition) is 0. The van der Waals surface area contributed by atoms with Crippen LogP contribution in [0, 0.1) is 11.7 Å². The van der Waals surface area contributed by atoms with Crippen LogP contribution in [0.1, 0.15) is 24.0 Å². The zero-order chi connectivity index (χ0) is 21.7. The quantitative estimate of drug-likeness (QED) is 0.672. The molecule has 6 nitrogen and oxygen atoms in total. The van der Waals surface area contributed by atoms with Crippen LogP contribution >= 0.6 is 0 Å². The van der Waals surface area contributed by atoms with E-state index in [1.807, 2.05) is 24.3 Å². The van der Waals surface area contributed by atoms with Crippen LogP contribution in [0.2, 0.25) is 0 Å². The number of carbonyl (C=O) groups excluding carboxylic acids is 1. The summed E-state index contributed by atoms with van der Waals surface area (Å²) in [5.41, 5.74) is 1.47. The van der Waals surface area contributed by atoms with Crippen molar-refractivity contribution >= 4 is 15.9 Å². The summed E-state index contributed by atoms with van der Waals surface area (Å²) in [7, 11) is -0.150. The number of ether oxygens (including phenoxy) is 1. The molecule has 0 bridgehead atoms. The van der Waals surface area contributed by atoms with Crippen molar-refractivity contribution in [1.29, 1.82) is 0 Å². The third-order valence-corrected chi connectivity index (χ3v) is 7.29. The number of carbonyl (C=O) groups is 1. The number of nitrogens with zero attached hydrogens (tertiary/aromatic N) is 2. The van der Waals surface area contributed by atoms with Crippen LogP contribution < -0.4 is 4.74 Å². The minimum atomic E-state index is -3.51. The molecule has 1 fully saturated rings. The summed E-state index contributed by atoms with van der Waals surface area (Å²) in [5.74, 6) is -0.0235. The Bertz CT molecular complexity index is 971. The van der Waals surface area contributed by atoms with Gasteiger partial charge in [0, 0.05) is 38.2 Å². The van der Waals surface area contributed by atoms with E-state index in [4.69, 9.17) is 4.74 Å². The van der Waals surface area contributed by atoms with Gasteiger partial charge in [0.15, 0.2) is 0 Å².